The molecule has 0 aliphatic rings. The van der Waals surface area contributed by atoms with Crippen molar-refractivity contribution < 1.29 is 14.0 Å². The maximum absolute atomic E-state index is 13.4. The molecular formula is C27H20FN3O2. The second kappa shape index (κ2) is 9.33. The molecule has 1 aromatic heterocycles. The third-order valence-corrected chi connectivity index (χ3v) is 5.13. The van der Waals surface area contributed by atoms with Gasteiger partial charge in [0.1, 0.15) is 5.82 Å². The molecule has 0 aliphatic carbocycles. The van der Waals surface area contributed by atoms with Crippen molar-refractivity contribution in [1.29, 1.82) is 0 Å². The number of likely N-dealkylation sites (N-methyl/N-ethyl adjacent to an activating group) is 1. The summed E-state index contributed by atoms with van der Waals surface area (Å²) in [5.41, 5.74) is 3.47. The number of carbonyl (C=O) groups excluding carboxylic acids is 2. The van der Waals surface area contributed by atoms with Gasteiger partial charge in [-0.25, -0.2) is 9.37 Å². The highest BCUT2D eigenvalue weighted by Crippen LogP contribution is 2.26. The number of halogens is 1. The van der Waals surface area contributed by atoms with Crippen molar-refractivity contribution >= 4 is 28.4 Å². The second-order valence-electron chi connectivity index (χ2n) is 7.51. The number of nitrogens with one attached hydrogen (secondary N) is 1. The van der Waals surface area contributed by atoms with Crippen LogP contribution in [0.5, 0.6) is 0 Å². The van der Waals surface area contributed by atoms with Gasteiger partial charge in [0.15, 0.2) is 0 Å². The number of rotatable bonds is 5. The second-order valence-corrected chi connectivity index (χ2v) is 7.51. The lowest BCUT2D eigenvalue weighted by molar-refractivity contribution is -0.116. The summed E-state index contributed by atoms with van der Waals surface area (Å²) in [5, 5.41) is 3.43. The number of amides is 2. The number of fused-ring (bicyclic) bond motifs is 1. The van der Waals surface area contributed by atoms with Crippen molar-refractivity contribution in [2.24, 2.45) is 0 Å². The predicted molar refractivity (Wildman–Crippen MR) is 127 cm³/mol. The first kappa shape index (κ1) is 21.7. The van der Waals surface area contributed by atoms with Crippen molar-refractivity contribution in [1.82, 2.24) is 9.88 Å². The molecule has 2 amide bonds. The molecule has 1 N–H and O–H groups in total. The molecule has 4 rings (SSSR count). The Hall–Kier alpha value is -4.50. The lowest BCUT2D eigenvalue weighted by atomic mass is 10.0. The number of anilines is 1. The van der Waals surface area contributed by atoms with Gasteiger partial charge in [0.25, 0.3) is 5.91 Å². The van der Waals surface area contributed by atoms with Crippen molar-refractivity contribution in [2.75, 3.05) is 18.9 Å². The van der Waals surface area contributed by atoms with Gasteiger partial charge in [-0.05, 0) is 54.6 Å². The number of terminal acetylenes is 1. The van der Waals surface area contributed by atoms with E-state index in [0.717, 1.165) is 0 Å². The monoisotopic (exact) mass is 437 g/mol. The molecule has 5 nitrogen and oxygen atoms in total. The molecule has 0 saturated carbocycles. The summed E-state index contributed by atoms with van der Waals surface area (Å²) >= 11 is 0. The first-order valence-corrected chi connectivity index (χ1v) is 10.2. The van der Waals surface area contributed by atoms with Gasteiger partial charge in [-0.15, -0.1) is 6.42 Å². The average molecular weight is 437 g/mol. The molecule has 3 aromatic carbocycles. The van der Waals surface area contributed by atoms with Crippen LogP contribution >= 0.6 is 0 Å². The number of benzene rings is 3. The maximum Gasteiger partial charge on any atom is 0.254 e. The van der Waals surface area contributed by atoms with Gasteiger partial charge < -0.3 is 10.2 Å². The molecule has 0 aliphatic heterocycles. The molecule has 0 fully saturated rings. The van der Waals surface area contributed by atoms with Crippen LogP contribution in [-0.4, -0.2) is 35.3 Å². The lowest BCUT2D eigenvalue weighted by Crippen LogP contribution is -2.35. The van der Waals surface area contributed by atoms with Gasteiger partial charge in [-0.2, -0.15) is 0 Å². The molecule has 0 saturated heterocycles. The minimum atomic E-state index is -0.352. The van der Waals surface area contributed by atoms with Crippen LogP contribution in [-0.2, 0) is 4.79 Å². The molecular weight excluding hydrogens is 417 g/mol. The maximum atomic E-state index is 13.4. The van der Waals surface area contributed by atoms with Crippen molar-refractivity contribution in [3.63, 3.8) is 0 Å². The third kappa shape index (κ3) is 4.89. The first-order valence-electron chi connectivity index (χ1n) is 10.2. The van der Waals surface area contributed by atoms with E-state index in [1.807, 2.05) is 24.3 Å². The van der Waals surface area contributed by atoms with Crippen LogP contribution in [0.2, 0.25) is 0 Å². The smallest absolute Gasteiger partial charge is 0.254 e. The summed E-state index contributed by atoms with van der Waals surface area (Å²) in [6, 6.07) is 21.8. The van der Waals surface area contributed by atoms with Crippen molar-refractivity contribution in [3.05, 3.63) is 95.8 Å². The lowest BCUT2D eigenvalue weighted by Gasteiger charge is -2.18. The largest absolute Gasteiger partial charge is 0.332 e. The fourth-order valence-corrected chi connectivity index (χ4v) is 3.50. The van der Waals surface area contributed by atoms with Crippen LogP contribution < -0.4 is 5.32 Å². The van der Waals surface area contributed by atoms with Crippen molar-refractivity contribution in [2.45, 2.75) is 0 Å². The van der Waals surface area contributed by atoms with E-state index in [1.165, 1.54) is 17.0 Å². The zero-order valence-electron chi connectivity index (χ0n) is 17.9. The molecule has 1 heterocycles. The van der Waals surface area contributed by atoms with Crippen molar-refractivity contribution in [3.8, 4) is 23.6 Å². The quantitative estimate of drug-likeness (QED) is 0.459. The van der Waals surface area contributed by atoms with Crippen LogP contribution in [0.4, 0.5) is 10.1 Å². The van der Waals surface area contributed by atoms with Gasteiger partial charge in [0.2, 0.25) is 5.91 Å². The molecule has 33 heavy (non-hydrogen) atoms. The summed E-state index contributed by atoms with van der Waals surface area (Å²) in [4.78, 5) is 31.8. The van der Waals surface area contributed by atoms with E-state index in [1.54, 1.807) is 49.5 Å². The molecule has 6 heteroatoms. The topological polar surface area (TPSA) is 62.3 Å². The van der Waals surface area contributed by atoms with Crippen LogP contribution in [0.1, 0.15) is 15.9 Å². The van der Waals surface area contributed by atoms with E-state index < -0.39 is 0 Å². The Kier molecular flexibility index (Phi) is 6.14. The van der Waals surface area contributed by atoms with Gasteiger partial charge in [-0.1, -0.05) is 30.2 Å². The number of hydrogen-bond acceptors (Lipinski definition) is 3. The molecule has 162 valence electrons. The highest BCUT2D eigenvalue weighted by molar-refractivity contribution is 6.08. The fourth-order valence-electron chi connectivity index (χ4n) is 3.50. The standard InChI is InChI=1S/C27H20FN3O2/c1-3-18-7-6-8-21(15-18)29-26(32)17-31(2)27(33)23-16-25(19-11-13-20(28)14-12-19)30-24-10-5-4-9-22(23)24/h1,4-16H,17H2,2H3,(H,29,32). The van der Waals surface area contributed by atoms with E-state index in [2.05, 4.69) is 16.2 Å². The first-order chi connectivity index (χ1) is 15.9. The summed E-state index contributed by atoms with van der Waals surface area (Å²) in [6.45, 7) is -0.151. The number of nitrogens with zero attached hydrogens (tertiary/aromatic N) is 2. The summed E-state index contributed by atoms with van der Waals surface area (Å²) in [6.07, 6.45) is 5.40. The highest BCUT2D eigenvalue weighted by Gasteiger charge is 2.19. The minimum absolute atomic E-state index is 0.151. The van der Waals surface area contributed by atoms with Gasteiger partial charge in [0, 0.05) is 29.2 Å². The summed E-state index contributed by atoms with van der Waals surface area (Å²) < 4.78 is 13.4. The van der Waals surface area contributed by atoms with E-state index in [4.69, 9.17) is 6.42 Å². The number of aromatic nitrogens is 1. The van der Waals surface area contributed by atoms with E-state index in [-0.39, 0.29) is 24.2 Å². The van der Waals surface area contributed by atoms with Gasteiger partial charge in [0.05, 0.1) is 23.3 Å². The van der Waals surface area contributed by atoms with Crippen LogP contribution in [0, 0.1) is 18.2 Å². The Bertz CT molecular complexity index is 1390. The number of carbonyl (C=O) groups is 2. The molecule has 4 aromatic rings. The zero-order valence-corrected chi connectivity index (χ0v) is 17.9. The van der Waals surface area contributed by atoms with E-state index in [9.17, 15) is 14.0 Å². The van der Waals surface area contributed by atoms with Crippen LogP contribution in [0.15, 0.2) is 78.9 Å². The zero-order chi connectivity index (χ0) is 23.4. The SMILES string of the molecule is C#Cc1cccc(NC(=O)CN(C)C(=O)c2cc(-c3ccc(F)cc3)nc3ccccc23)c1. The Balaban J connectivity index is 1.60. The Morgan fingerprint density at radius 1 is 1.03 bits per heavy atom. The van der Waals surface area contributed by atoms with Crippen LogP contribution in [0.3, 0.4) is 0 Å². The highest BCUT2D eigenvalue weighted by atomic mass is 19.1. The Morgan fingerprint density at radius 3 is 2.55 bits per heavy atom. The van der Waals surface area contributed by atoms with E-state index in [0.29, 0.717) is 39.0 Å². The Labute approximate surface area is 190 Å². The third-order valence-electron chi connectivity index (χ3n) is 5.13. The number of hydrogen-bond donors (Lipinski definition) is 1. The summed E-state index contributed by atoms with van der Waals surface area (Å²) in [7, 11) is 1.56. The predicted octanol–water partition coefficient (Wildman–Crippen LogP) is 4.73. The van der Waals surface area contributed by atoms with Crippen LogP contribution in [0.25, 0.3) is 22.2 Å². The molecule has 0 unspecified atom stereocenters. The number of pyridine rings is 1. The Morgan fingerprint density at radius 2 is 1.79 bits per heavy atom. The fraction of sp³-hybridized carbons (Fsp3) is 0.0741. The molecule has 0 spiro atoms. The number of para-hydroxylation sites is 1. The summed E-state index contributed by atoms with van der Waals surface area (Å²) in [5.74, 6) is 1.49. The minimum Gasteiger partial charge on any atom is -0.332 e. The average Bonchev–Trinajstić information content (AvgIpc) is 2.83. The van der Waals surface area contributed by atoms with Gasteiger partial charge in [-0.3, -0.25) is 9.59 Å². The molecule has 0 atom stereocenters. The normalized spacial score (nSPS) is 10.5. The van der Waals surface area contributed by atoms with Gasteiger partial charge >= 0.3 is 0 Å². The molecule has 0 bridgehead atoms. The van der Waals surface area contributed by atoms with E-state index >= 15 is 0 Å². The molecule has 0 radical (unpaired) electrons.